The van der Waals surface area contributed by atoms with Crippen molar-refractivity contribution < 1.29 is 0 Å². The van der Waals surface area contributed by atoms with Gasteiger partial charge in [0, 0.05) is 25.5 Å². The van der Waals surface area contributed by atoms with Crippen LogP contribution >= 0.6 is 27.5 Å². The number of rotatable bonds is 3. The fraction of sp³-hybridized carbons (Fsp3) is 0.167. The molecule has 0 fully saturated rings. The minimum absolute atomic E-state index is 0.385. The molecule has 0 amide bonds. The van der Waals surface area contributed by atoms with E-state index < -0.39 is 0 Å². The van der Waals surface area contributed by atoms with E-state index in [9.17, 15) is 0 Å². The summed E-state index contributed by atoms with van der Waals surface area (Å²) in [5.41, 5.74) is 2.05. The Morgan fingerprint density at radius 3 is 2.78 bits per heavy atom. The van der Waals surface area contributed by atoms with Crippen molar-refractivity contribution in [3.63, 3.8) is 0 Å². The summed E-state index contributed by atoms with van der Waals surface area (Å²) in [5, 5.41) is 3.58. The van der Waals surface area contributed by atoms with Crippen molar-refractivity contribution in [2.75, 3.05) is 24.3 Å². The first-order chi connectivity index (χ1) is 8.58. The molecule has 1 aromatic heterocycles. The predicted octanol–water partition coefficient (Wildman–Crippen LogP) is 3.70. The maximum Gasteiger partial charge on any atom is 0.149 e. The molecule has 2 rings (SSSR count). The van der Waals surface area contributed by atoms with E-state index in [4.69, 9.17) is 11.6 Å². The second kappa shape index (κ2) is 5.54. The number of hydrogen-bond donors (Lipinski definition) is 1. The SMILES string of the molecule is CN(C)c1cccc(Nc2ncnc(Cl)c2Br)c1. The van der Waals surface area contributed by atoms with Gasteiger partial charge in [-0.2, -0.15) is 0 Å². The molecule has 0 aliphatic rings. The van der Waals surface area contributed by atoms with Gasteiger partial charge in [0.05, 0.1) is 4.47 Å². The van der Waals surface area contributed by atoms with Crippen LogP contribution in [0.2, 0.25) is 5.15 Å². The van der Waals surface area contributed by atoms with Crippen molar-refractivity contribution in [2.45, 2.75) is 0 Å². The summed E-state index contributed by atoms with van der Waals surface area (Å²) < 4.78 is 0.655. The molecule has 0 spiro atoms. The van der Waals surface area contributed by atoms with Gasteiger partial charge in [-0.1, -0.05) is 17.7 Å². The summed E-state index contributed by atoms with van der Waals surface area (Å²) >= 11 is 9.27. The summed E-state index contributed by atoms with van der Waals surface area (Å²) in [6, 6.07) is 8.01. The molecule has 0 unspecified atom stereocenters. The van der Waals surface area contributed by atoms with Crippen molar-refractivity contribution in [2.24, 2.45) is 0 Å². The van der Waals surface area contributed by atoms with Gasteiger partial charge in [0.2, 0.25) is 0 Å². The van der Waals surface area contributed by atoms with E-state index in [0.717, 1.165) is 11.4 Å². The van der Waals surface area contributed by atoms with E-state index in [1.54, 1.807) is 0 Å². The van der Waals surface area contributed by atoms with Gasteiger partial charge in [-0.15, -0.1) is 0 Å². The van der Waals surface area contributed by atoms with Crippen LogP contribution in [0.5, 0.6) is 0 Å². The third-order valence-electron chi connectivity index (χ3n) is 2.37. The molecule has 1 heterocycles. The number of aromatic nitrogens is 2. The second-order valence-electron chi connectivity index (χ2n) is 3.90. The molecule has 18 heavy (non-hydrogen) atoms. The maximum atomic E-state index is 5.92. The molecule has 1 N–H and O–H groups in total. The molecule has 2 aromatic rings. The van der Waals surface area contributed by atoms with Gasteiger partial charge in [-0.3, -0.25) is 0 Å². The molecule has 4 nitrogen and oxygen atoms in total. The van der Waals surface area contributed by atoms with Crippen molar-refractivity contribution in [3.05, 3.63) is 40.2 Å². The molecular weight excluding hydrogens is 316 g/mol. The molecular formula is C12H12BrClN4. The van der Waals surface area contributed by atoms with E-state index in [1.165, 1.54) is 6.33 Å². The third kappa shape index (κ3) is 2.91. The number of benzene rings is 1. The zero-order valence-corrected chi connectivity index (χ0v) is 12.3. The van der Waals surface area contributed by atoms with Gasteiger partial charge in [-0.25, -0.2) is 9.97 Å². The first-order valence-corrected chi connectivity index (χ1v) is 6.45. The largest absolute Gasteiger partial charge is 0.378 e. The number of halogens is 2. The van der Waals surface area contributed by atoms with E-state index in [-0.39, 0.29) is 0 Å². The van der Waals surface area contributed by atoms with Crippen LogP contribution in [-0.2, 0) is 0 Å². The number of hydrogen-bond acceptors (Lipinski definition) is 4. The van der Waals surface area contributed by atoms with Crippen molar-refractivity contribution in [1.29, 1.82) is 0 Å². The highest BCUT2D eigenvalue weighted by Gasteiger charge is 2.07. The average Bonchev–Trinajstić information content (AvgIpc) is 2.35. The van der Waals surface area contributed by atoms with E-state index in [0.29, 0.717) is 15.4 Å². The Morgan fingerprint density at radius 1 is 1.28 bits per heavy atom. The number of nitrogens with one attached hydrogen (secondary N) is 1. The monoisotopic (exact) mass is 326 g/mol. The molecule has 0 aliphatic carbocycles. The summed E-state index contributed by atoms with van der Waals surface area (Å²) in [7, 11) is 3.99. The Kier molecular flexibility index (Phi) is 4.04. The van der Waals surface area contributed by atoms with Crippen molar-refractivity contribution >= 4 is 44.7 Å². The number of anilines is 3. The van der Waals surface area contributed by atoms with E-state index >= 15 is 0 Å². The Bertz CT molecular complexity index is 560. The predicted molar refractivity (Wildman–Crippen MR) is 78.8 cm³/mol. The molecule has 6 heteroatoms. The van der Waals surface area contributed by atoms with Gasteiger partial charge in [0.25, 0.3) is 0 Å². The molecule has 0 atom stereocenters. The van der Waals surface area contributed by atoms with E-state index in [2.05, 4.69) is 31.2 Å². The molecule has 0 bridgehead atoms. The van der Waals surface area contributed by atoms with Crippen LogP contribution in [0.3, 0.4) is 0 Å². The lowest BCUT2D eigenvalue weighted by atomic mass is 10.2. The number of nitrogens with zero attached hydrogens (tertiary/aromatic N) is 3. The Balaban J connectivity index is 2.28. The standard InChI is InChI=1S/C12H12BrClN4/c1-18(2)9-5-3-4-8(6-9)17-12-10(13)11(14)15-7-16-12/h3-7H,1-2H3,(H,15,16,17). The Morgan fingerprint density at radius 2 is 2.06 bits per heavy atom. The lowest BCUT2D eigenvalue weighted by molar-refractivity contribution is 1.13. The van der Waals surface area contributed by atoms with Crippen molar-refractivity contribution in [1.82, 2.24) is 9.97 Å². The van der Waals surface area contributed by atoms with Crippen molar-refractivity contribution in [3.8, 4) is 0 Å². The average molecular weight is 328 g/mol. The Labute approximate surface area is 119 Å². The van der Waals surface area contributed by atoms with Crippen LogP contribution in [0.25, 0.3) is 0 Å². The van der Waals surface area contributed by atoms with Gasteiger partial charge < -0.3 is 10.2 Å². The van der Waals surface area contributed by atoms with Gasteiger partial charge in [-0.05, 0) is 34.1 Å². The van der Waals surface area contributed by atoms with Crippen LogP contribution in [0, 0.1) is 0 Å². The molecule has 0 radical (unpaired) electrons. The first kappa shape index (κ1) is 13.1. The normalized spacial score (nSPS) is 10.2. The molecule has 0 aliphatic heterocycles. The molecule has 0 saturated heterocycles. The minimum Gasteiger partial charge on any atom is -0.378 e. The molecule has 0 saturated carbocycles. The highest BCUT2D eigenvalue weighted by Crippen LogP contribution is 2.29. The maximum absolute atomic E-state index is 5.92. The van der Waals surface area contributed by atoms with Crippen LogP contribution in [0.4, 0.5) is 17.2 Å². The second-order valence-corrected chi connectivity index (χ2v) is 5.05. The lowest BCUT2D eigenvalue weighted by Crippen LogP contribution is -2.08. The van der Waals surface area contributed by atoms with Gasteiger partial charge in [0.15, 0.2) is 0 Å². The zero-order chi connectivity index (χ0) is 13.1. The smallest absolute Gasteiger partial charge is 0.149 e. The summed E-state index contributed by atoms with van der Waals surface area (Å²) in [6.45, 7) is 0. The van der Waals surface area contributed by atoms with Gasteiger partial charge >= 0.3 is 0 Å². The van der Waals surface area contributed by atoms with Crippen LogP contribution in [-0.4, -0.2) is 24.1 Å². The first-order valence-electron chi connectivity index (χ1n) is 5.28. The van der Waals surface area contributed by atoms with Gasteiger partial charge in [0.1, 0.15) is 17.3 Å². The Hall–Kier alpha value is -1.33. The molecule has 94 valence electrons. The quantitative estimate of drug-likeness (QED) is 0.873. The highest BCUT2D eigenvalue weighted by atomic mass is 79.9. The fourth-order valence-corrected chi connectivity index (χ4v) is 1.87. The summed E-state index contributed by atoms with van der Waals surface area (Å²) in [5.74, 6) is 0.644. The van der Waals surface area contributed by atoms with E-state index in [1.807, 2.05) is 43.3 Å². The fourth-order valence-electron chi connectivity index (χ4n) is 1.43. The van der Waals surface area contributed by atoms with Crippen LogP contribution in [0.15, 0.2) is 35.1 Å². The minimum atomic E-state index is 0.385. The summed E-state index contributed by atoms with van der Waals surface area (Å²) in [4.78, 5) is 10.1. The third-order valence-corrected chi connectivity index (χ3v) is 3.64. The highest BCUT2D eigenvalue weighted by molar-refractivity contribution is 9.10. The zero-order valence-electron chi connectivity index (χ0n) is 9.98. The topological polar surface area (TPSA) is 41.0 Å². The summed E-state index contributed by atoms with van der Waals surface area (Å²) in [6.07, 6.45) is 1.42. The molecule has 1 aromatic carbocycles. The van der Waals surface area contributed by atoms with Crippen LogP contribution < -0.4 is 10.2 Å². The lowest BCUT2D eigenvalue weighted by Gasteiger charge is -2.14. The van der Waals surface area contributed by atoms with Crippen LogP contribution in [0.1, 0.15) is 0 Å².